The van der Waals surface area contributed by atoms with Gasteiger partial charge in [-0.05, 0) is 42.8 Å². The van der Waals surface area contributed by atoms with Gasteiger partial charge in [0.2, 0.25) is 5.91 Å². The predicted molar refractivity (Wildman–Crippen MR) is 74.7 cm³/mol. The zero-order valence-electron chi connectivity index (χ0n) is 10.9. The molecule has 0 unspecified atom stereocenters. The van der Waals surface area contributed by atoms with Crippen LogP contribution < -0.4 is 10.6 Å². The van der Waals surface area contributed by atoms with Crippen molar-refractivity contribution in [2.24, 2.45) is 0 Å². The van der Waals surface area contributed by atoms with E-state index in [4.69, 9.17) is 0 Å². The minimum atomic E-state index is -0.430. The number of nitrogens with one attached hydrogen (secondary N) is 2. The van der Waals surface area contributed by atoms with Gasteiger partial charge in [-0.25, -0.2) is 8.78 Å². The fourth-order valence-corrected chi connectivity index (χ4v) is 1.71. The number of benzene rings is 2. The molecule has 2 aromatic rings. The molecular formula is C15H14F2N2O. The molecule has 0 saturated heterocycles. The second kappa shape index (κ2) is 6.14. The summed E-state index contributed by atoms with van der Waals surface area (Å²) in [6.45, 7) is 1.68. The Morgan fingerprint density at radius 3 is 2.65 bits per heavy atom. The number of hydrogen-bond donors (Lipinski definition) is 2. The van der Waals surface area contributed by atoms with Crippen LogP contribution in [0.25, 0.3) is 0 Å². The lowest BCUT2D eigenvalue weighted by atomic mass is 10.2. The van der Waals surface area contributed by atoms with Crippen LogP contribution in [0.5, 0.6) is 0 Å². The SMILES string of the molecule is Cc1ccc(NCC(=O)Nc2cccc(F)c2)c(F)c1. The number of anilines is 2. The molecule has 0 fully saturated rings. The highest BCUT2D eigenvalue weighted by Crippen LogP contribution is 2.15. The first-order chi connectivity index (χ1) is 9.54. The molecule has 0 atom stereocenters. The maximum absolute atomic E-state index is 13.5. The molecule has 0 radical (unpaired) electrons. The third-order valence-corrected chi connectivity index (χ3v) is 2.67. The largest absolute Gasteiger partial charge is 0.374 e. The van der Waals surface area contributed by atoms with Crippen molar-refractivity contribution in [2.45, 2.75) is 6.92 Å². The summed E-state index contributed by atoms with van der Waals surface area (Å²) in [6, 6.07) is 10.3. The van der Waals surface area contributed by atoms with Crippen molar-refractivity contribution in [2.75, 3.05) is 17.2 Å². The van der Waals surface area contributed by atoms with Crippen LogP contribution in [-0.2, 0) is 4.79 Å². The van der Waals surface area contributed by atoms with Gasteiger partial charge in [-0.15, -0.1) is 0 Å². The highest BCUT2D eigenvalue weighted by molar-refractivity contribution is 5.93. The third kappa shape index (κ3) is 3.78. The first kappa shape index (κ1) is 14.0. The number of halogens is 2. The Kier molecular flexibility index (Phi) is 4.30. The average molecular weight is 276 g/mol. The molecule has 0 aliphatic rings. The molecule has 5 heteroatoms. The van der Waals surface area contributed by atoms with E-state index in [2.05, 4.69) is 10.6 Å². The average Bonchev–Trinajstić information content (AvgIpc) is 2.37. The normalized spacial score (nSPS) is 10.2. The second-order valence-corrected chi connectivity index (χ2v) is 4.40. The lowest BCUT2D eigenvalue weighted by molar-refractivity contribution is -0.114. The summed E-state index contributed by atoms with van der Waals surface area (Å²) < 4.78 is 26.5. The summed E-state index contributed by atoms with van der Waals surface area (Å²) in [7, 11) is 0. The molecule has 2 N–H and O–H groups in total. The Morgan fingerprint density at radius 2 is 1.95 bits per heavy atom. The Balaban J connectivity index is 1.92. The van der Waals surface area contributed by atoms with Crippen molar-refractivity contribution in [1.29, 1.82) is 0 Å². The fourth-order valence-electron chi connectivity index (χ4n) is 1.71. The van der Waals surface area contributed by atoms with Gasteiger partial charge in [0, 0.05) is 5.69 Å². The highest BCUT2D eigenvalue weighted by Gasteiger charge is 2.06. The number of amides is 1. The topological polar surface area (TPSA) is 41.1 Å². The Morgan fingerprint density at radius 1 is 1.15 bits per heavy atom. The highest BCUT2D eigenvalue weighted by atomic mass is 19.1. The Hall–Kier alpha value is -2.43. The molecule has 2 rings (SSSR count). The van der Waals surface area contributed by atoms with Crippen LogP contribution in [-0.4, -0.2) is 12.5 Å². The second-order valence-electron chi connectivity index (χ2n) is 4.40. The van der Waals surface area contributed by atoms with Crippen molar-refractivity contribution in [3.63, 3.8) is 0 Å². The van der Waals surface area contributed by atoms with E-state index in [9.17, 15) is 13.6 Å². The van der Waals surface area contributed by atoms with Crippen LogP contribution in [0, 0.1) is 18.6 Å². The number of carbonyl (C=O) groups excluding carboxylic acids is 1. The standard InChI is InChI=1S/C15H14F2N2O/c1-10-5-6-14(13(17)7-10)18-9-15(20)19-12-4-2-3-11(16)8-12/h2-8,18H,9H2,1H3,(H,19,20). The monoisotopic (exact) mass is 276 g/mol. The van der Waals surface area contributed by atoms with Crippen LogP contribution in [0.15, 0.2) is 42.5 Å². The van der Waals surface area contributed by atoms with E-state index in [0.29, 0.717) is 5.69 Å². The molecule has 0 saturated carbocycles. The van der Waals surface area contributed by atoms with Crippen LogP contribution in [0.3, 0.4) is 0 Å². The summed E-state index contributed by atoms with van der Waals surface area (Å²) in [5.41, 5.74) is 1.42. The number of hydrogen-bond acceptors (Lipinski definition) is 2. The van der Waals surface area contributed by atoms with E-state index in [-0.39, 0.29) is 18.1 Å². The molecule has 1 amide bonds. The molecule has 0 aliphatic heterocycles. The molecule has 0 spiro atoms. The van der Waals surface area contributed by atoms with E-state index < -0.39 is 11.6 Å². The van der Waals surface area contributed by atoms with E-state index in [1.165, 1.54) is 24.3 Å². The van der Waals surface area contributed by atoms with Gasteiger partial charge in [0.25, 0.3) is 0 Å². The van der Waals surface area contributed by atoms with E-state index in [1.54, 1.807) is 25.1 Å². The van der Waals surface area contributed by atoms with Crippen LogP contribution >= 0.6 is 0 Å². The minimum Gasteiger partial charge on any atom is -0.374 e. The molecule has 2 aromatic carbocycles. The molecule has 104 valence electrons. The maximum Gasteiger partial charge on any atom is 0.243 e. The van der Waals surface area contributed by atoms with Gasteiger partial charge in [-0.3, -0.25) is 4.79 Å². The summed E-state index contributed by atoms with van der Waals surface area (Å²) in [6.07, 6.45) is 0. The quantitative estimate of drug-likeness (QED) is 0.899. The summed E-state index contributed by atoms with van der Waals surface area (Å²) in [5, 5.41) is 5.21. The molecule has 3 nitrogen and oxygen atoms in total. The van der Waals surface area contributed by atoms with Crippen LogP contribution in [0.4, 0.5) is 20.2 Å². The van der Waals surface area contributed by atoms with Gasteiger partial charge >= 0.3 is 0 Å². The Labute approximate surface area is 115 Å². The van der Waals surface area contributed by atoms with E-state index in [1.807, 2.05) is 0 Å². The van der Waals surface area contributed by atoms with Gasteiger partial charge in [0.1, 0.15) is 11.6 Å². The van der Waals surface area contributed by atoms with Crippen LogP contribution in [0.2, 0.25) is 0 Å². The molecule has 0 heterocycles. The van der Waals surface area contributed by atoms with E-state index >= 15 is 0 Å². The van der Waals surface area contributed by atoms with Crippen molar-refractivity contribution >= 4 is 17.3 Å². The first-order valence-electron chi connectivity index (χ1n) is 6.10. The van der Waals surface area contributed by atoms with Crippen molar-refractivity contribution in [1.82, 2.24) is 0 Å². The van der Waals surface area contributed by atoms with Crippen molar-refractivity contribution in [3.05, 3.63) is 59.7 Å². The molecular weight excluding hydrogens is 262 g/mol. The number of aryl methyl sites for hydroxylation is 1. The fraction of sp³-hybridized carbons (Fsp3) is 0.133. The molecule has 0 aromatic heterocycles. The van der Waals surface area contributed by atoms with Crippen molar-refractivity contribution in [3.8, 4) is 0 Å². The third-order valence-electron chi connectivity index (χ3n) is 2.67. The van der Waals surface area contributed by atoms with Gasteiger partial charge in [0.05, 0.1) is 12.2 Å². The van der Waals surface area contributed by atoms with E-state index in [0.717, 1.165) is 5.56 Å². The van der Waals surface area contributed by atoms with Crippen molar-refractivity contribution < 1.29 is 13.6 Å². The minimum absolute atomic E-state index is 0.101. The van der Waals surface area contributed by atoms with Gasteiger partial charge in [-0.1, -0.05) is 12.1 Å². The summed E-state index contributed by atoms with van der Waals surface area (Å²) in [5.74, 6) is -1.22. The molecule has 20 heavy (non-hydrogen) atoms. The Bertz CT molecular complexity index is 629. The maximum atomic E-state index is 13.5. The lowest BCUT2D eigenvalue weighted by Crippen LogP contribution is -2.22. The van der Waals surface area contributed by atoms with Gasteiger partial charge in [-0.2, -0.15) is 0 Å². The molecule has 0 bridgehead atoms. The molecule has 0 aliphatic carbocycles. The summed E-state index contributed by atoms with van der Waals surface area (Å²) >= 11 is 0. The first-order valence-corrected chi connectivity index (χ1v) is 6.10. The zero-order valence-corrected chi connectivity index (χ0v) is 10.9. The van der Waals surface area contributed by atoms with Gasteiger partial charge in [0.15, 0.2) is 0 Å². The zero-order chi connectivity index (χ0) is 14.5. The lowest BCUT2D eigenvalue weighted by Gasteiger charge is -2.09. The summed E-state index contributed by atoms with van der Waals surface area (Å²) in [4.78, 5) is 11.7. The van der Waals surface area contributed by atoms with Gasteiger partial charge < -0.3 is 10.6 Å². The van der Waals surface area contributed by atoms with Crippen LogP contribution in [0.1, 0.15) is 5.56 Å². The predicted octanol–water partition coefficient (Wildman–Crippen LogP) is 3.32. The number of rotatable bonds is 4. The smallest absolute Gasteiger partial charge is 0.243 e. The number of carbonyl (C=O) groups is 1.